The van der Waals surface area contributed by atoms with Gasteiger partial charge in [0, 0.05) is 11.1 Å². The molecule has 0 saturated carbocycles. The summed E-state index contributed by atoms with van der Waals surface area (Å²) in [4.78, 5) is 0. The summed E-state index contributed by atoms with van der Waals surface area (Å²) in [5.74, 6) is 0.206. The Balaban J connectivity index is 2.20. The second-order valence-electron chi connectivity index (χ2n) is 4.42. The average molecular weight is 308 g/mol. The van der Waals surface area contributed by atoms with Crippen molar-refractivity contribution in [3.8, 4) is 5.75 Å². The minimum atomic E-state index is -0.384. The number of hydrogen-bond donors (Lipinski definition) is 1. The number of nitrogens with zero attached hydrogens (tertiary/aromatic N) is 1. The zero-order chi connectivity index (χ0) is 15.2. The van der Waals surface area contributed by atoms with Crippen molar-refractivity contribution >= 4 is 17.3 Å². The molecule has 1 N–H and O–H groups in total. The van der Waals surface area contributed by atoms with Gasteiger partial charge in [0.25, 0.3) is 0 Å². The molecule has 110 valence electrons. The lowest BCUT2D eigenvalue weighted by Gasteiger charge is -2.12. The van der Waals surface area contributed by atoms with Crippen LogP contribution in [0.5, 0.6) is 5.75 Å². The summed E-state index contributed by atoms with van der Waals surface area (Å²) in [5.41, 5.74) is 1.95. The molecular weight excluding hydrogens is 293 g/mol. The van der Waals surface area contributed by atoms with Crippen LogP contribution in [-0.4, -0.2) is 10.9 Å². The van der Waals surface area contributed by atoms with Crippen LogP contribution in [0.3, 0.4) is 0 Å². The van der Waals surface area contributed by atoms with E-state index in [4.69, 9.17) is 21.5 Å². The smallest absolute Gasteiger partial charge is 0.128 e. The number of benzene rings is 2. The Morgan fingerprint density at radius 2 is 2.05 bits per heavy atom. The van der Waals surface area contributed by atoms with Gasteiger partial charge in [0.05, 0.1) is 10.7 Å². The molecule has 21 heavy (non-hydrogen) atoms. The summed E-state index contributed by atoms with van der Waals surface area (Å²) >= 11 is 5.97. The topological polar surface area (TPSA) is 41.8 Å². The number of halogens is 2. The Labute approximate surface area is 127 Å². The molecule has 2 aromatic carbocycles. The molecule has 0 unspecified atom stereocenters. The molecule has 5 heteroatoms. The van der Waals surface area contributed by atoms with Gasteiger partial charge in [0.2, 0.25) is 0 Å². The molecule has 2 aromatic rings. The third kappa shape index (κ3) is 3.73. The number of ether oxygens (including phenoxy) is 1. The summed E-state index contributed by atoms with van der Waals surface area (Å²) in [6.07, 6.45) is 0.578. The lowest BCUT2D eigenvalue weighted by molar-refractivity contribution is 0.303. The van der Waals surface area contributed by atoms with Gasteiger partial charge in [0.1, 0.15) is 18.2 Å². The molecule has 3 nitrogen and oxygen atoms in total. The van der Waals surface area contributed by atoms with Crippen molar-refractivity contribution in [1.29, 1.82) is 0 Å². The van der Waals surface area contributed by atoms with Crippen molar-refractivity contribution in [2.45, 2.75) is 20.0 Å². The second kappa shape index (κ2) is 7.09. The summed E-state index contributed by atoms with van der Waals surface area (Å²) < 4.78 is 18.7. The SMILES string of the molecule is CC/C(=N\O)c1ccccc1OCc1ccc(F)cc1Cl. The summed E-state index contributed by atoms with van der Waals surface area (Å²) in [7, 11) is 0. The lowest BCUT2D eigenvalue weighted by atomic mass is 10.1. The van der Waals surface area contributed by atoms with Gasteiger partial charge in [-0.25, -0.2) is 4.39 Å². The van der Waals surface area contributed by atoms with Crippen LogP contribution in [0.2, 0.25) is 5.02 Å². The fraction of sp³-hybridized carbons (Fsp3) is 0.188. The van der Waals surface area contributed by atoms with E-state index in [0.29, 0.717) is 28.5 Å². The standard InChI is InChI=1S/C16H15ClFNO2/c1-2-15(19-20)13-5-3-4-6-16(13)21-10-11-7-8-12(18)9-14(11)17/h3-9,20H,2,10H2,1H3/b19-15+. The zero-order valence-corrected chi connectivity index (χ0v) is 12.3. The van der Waals surface area contributed by atoms with Crippen molar-refractivity contribution in [3.05, 3.63) is 64.4 Å². The summed E-state index contributed by atoms with van der Waals surface area (Å²) in [5, 5.41) is 12.6. The predicted molar refractivity (Wildman–Crippen MR) is 80.8 cm³/mol. The van der Waals surface area contributed by atoms with Gasteiger partial charge in [-0.3, -0.25) is 0 Å². The van der Waals surface area contributed by atoms with Crippen molar-refractivity contribution < 1.29 is 14.3 Å². The van der Waals surface area contributed by atoms with Gasteiger partial charge in [-0.2, -0.15) is 0 Å². The highest BCUT2D eigenvalue weighted by Crippen LogP contribution is 2.24. The van der Waals surface area contributed by atoms with Crippen LogP contribution in [0.1, 0.15) is 24.5 Å². The Morgan fingerprint density at radius 3 is 2.71 bits per heavy atom. The molecule has 0 spiro atoms. The largest absolute Gasteiger partial charge is 0.488 e. The van der Waals surface area contributed by atoms with Gasteiger partial charge >= 0.3 is 0 Å². The number of para-hydroxylation sites is 1. The number of oxime groups is 1. The zero-order valence-electron chi connectivity index (χ0n) is 11.5. The molecule has 0 bridgehead atoms. The second-order valence-corrected chi connectivity index (χ2v) is 4.83. The molecule has 0 aliphatic rings. The summed E-state index contributed by atoms with van der Waals surface area (Å²) in [6.45, 7) is 2.10. The maximum Gasteiger partial charge on any atom is 0.128 e. The molecule has 0 aromatic heterocycles. The van der Waals surface area contributed by atoms with Gasteiger partial charge in [-0.15, -0.1) is 0 Å². The maximum absolute atomic E-state index is 13.0. The third-order valence-corrected chi connectivity index (χ3v) is 3.40. The van der Waals surface area contributed by atoms with Crippen LogP contribution in [0, 0.1) is 5.82 Å². The molecule has 0 heterocycles. The average Bonchev–Trinajstić information content (AvgIpc) is 2.49. The predicted octanol–water partition coefficient (Wildman–Crippen LogP) is 4.65. The van der Waals surface area contributed by atoms with E-state index in [-0.39, 0.29) is 12.4 Å². The van der Waals surface area contributed by atoms with Crippen LogP contribution >= 0.6 is 11.6 Å². The van der Waals surface area contributed by atoms with Gasteiger partial charge in [0.15, 0.2) is 0 Å². The molecule has 0 aliphatic heterocycles. The maximum atomic E-state index is 13.0. The van der Waals surface area contributed by atoms with E-state index in [0.717, 1.165) is 5.56 Å². The van der Waals surface area contributed by atoms with E-state index < -0.39 is 0 Å². The van der Waals surface area contributed by atoms with Crippen LogP contribution < -0.4 is 4.74 Å². The highest BCUT2D eigenvalue weighted by atomic mass is 35.5. The van der Waals surface area contributed by atoms with Gasteiger partial charge < -0.3 is 9.94 Å². The Hall–Kier alpha value is -2.07. The van der Waals surface area contributed by atoms with E-state index in [1.54, 1.807) is 12.1 Å². The van der Waals surface area contributed by atoms with E-state index >= 15 is 0 Å². The first kappa shape index (κ1) is 15.3. The van der Waals surface area contributed by atoms with Crippen molar-refractivity contribution in [2.75, 3.05) is 0 Å². The number of hydrogen-bond acceptors (Lipinski definition) is 3. The normalized spacial score (nSPS) is 11.5. The third-order valence-electron chi connectivity index (χ3n) is 3.05. The molecule has 0 aliphatic carbocycles. The fourth-order valence-electron chi connectivity index (χ4n) is 1.94. The minimum Gasteiger partial charge on any atom is -0.488 e. The van der Waals surface area contributed by atoms with Crippen LogP contribution in [0.4, 0.5) is 4.39 Å². The Kier molecular flexibility index (Phi) is 5.17. The first-order chi connectivity index (χ1) is 10.2. The van der Waals surface area contributed by atoms with Gasteiger partial charge in [-0.05, 0) is 30.7 Å². The van der Waals surface area contributed by atoms with Crippen molar-refractivity contribution in [1.82, 2.24) is 0 Å². The van der Waals surface area contributed by atoms with E-state index in [1.165, 1.54) is 12.1 Å². The molecular formula is C16H15ClFNO2. The summed E-state index contributed by atoms with van der Waals surface area (Å²) in [6, 6.07) is 11.4. The van der Waals surface area contributed by atoms with Crippen molar-refractivity contribution in [3.63, 3.8) is 0 Å². The quantitative estimate of drug-likeness (QED) is 0.496. The van der Waals surface area contributed by atoms with Crippen LogP contribution in [0.25, 0.3) is 0 Å². The Bertz CT molecular complexity index is 658. The van der Waals surface area contributed by atoms with E-state index in [2.05, 4.69) is 5.16 Å². The molecule has 0 saturated heterocycles. The molecule has 0 amide bonds. The number of rotatable bonds is 5. The molecule has 0 fully saturated rings. The van der Waals surface area contributed by atoms with Crippen LogP contribution in [0.15, 0.2) is 47.6 Å². The monoisotopic (exact) mass is 307 g/mol. The van der Waals surface area contributed by atoms with Crippen LogP contribution in [-0.2, 0) is 6.61 Å². The first-order valence-corrected chi connectivity index (χ1v) is 6.90. The fourth-order valence-corrected chi connectivity index (χ4v) is 2.16. The molecule has 2 rings (SSSR count). The van der Waals surface area contributed by atoms with E-state index in [9.17, 15) is 4.39 Å². The van der Waals surface area contributed by atoms with E-state index in [1.807, 2.05) is 25.1 Å². The van der Waals surface area contributed by atoms with Crippen molar-refractivity contribution in [2.24, 2.45) is 5.16 Å². The first-order valence-electron chi connectivity index (χ1n) is 6.52. The molecule has 0 atom stereocenters. The van der Waals surface area contributed by atoms with Gasteiger partial charge in [-0.1, -0.05) is 41.9 Å². The molecule has 0 radical (unpaired) electrons. The minimum absolute atomic E-state index is 0.207. The lowest BCUT2D eigenvalue weighted by Crippen LogP contribution is -2.05. The Morgan fingerprint density at radius 1 is 1.29 bits per heavy atom. The highest BCUT2D eigenvalue weighted by Gasteiger charge is 2.10. The highest BCUT2D eigenvalue weighted by molar-refractivity contribution is 6.31.